The summed E-state index contributed by atoms with van der Waals surface area (Å²) in [4.78, 5) is 2.37. The molecule has 0 spiro atoms. The Morgan fingerprint density at radius 2 is 1.86 bits per heavy atom. The molecule has 28 heavy (non-hydrogen) atoms. The largest absolute Gasteiger partial charge is 0.369 e. The van der Waals surface area contributed by atoms with Crippen molar-refractivity contribution >= 4 is 45.5 Å². The highest BCUT2D eigenvalue weighted by Crippen LogP contribution is 2.31. The summed E-state index contributed by atoms with van der Waals surface area (Å²) in [6, 6.07) is 11.7. The van der Waals surface area contributed by atoms with Crippen LogP contribution in [0.2, 0.25) is 10.0 Å². The lowest BCUT2D eigenvalue weighted by atomic mass is 10.1. The van der Waals surface area contributed by atoms with E-state index in [0.29, 0.717) is 15.9 Å². The van der Waals surface area contributed by atoms with Crippen molar-refractivity contribution in [2.75, 3.05) is 36.4 Å². The van der Waals surface area contributed by atoms with Gasteiger partial charge in [0.2, 0.25) is 0 Å². The third kappa shape index (κ3) is 3.86. The van der Waals surface area contributed by atoms with Crippen molar-refractivity contribution in [3.05, 3.63) is 57.7 Å². The minimum Gasteiger partial charge on any atom is -0.369 e. The quantitative estimate of drug-likeness (QED) is 0.562. The summed E-state index contributed by atoms with van der Waals surface area (Å²) in [5, 5.41) is 18.4. The second-order valence-corrected chi connectivity index (χ2v) is 7.73. The molecule has 4 rings (SSSR count). The normalized spacial score (nSPS) is 15.6. The third-order valence-corrected chi connectivity index (χ3v) is 5.58. The molecule has 1 atom stereocenters. The smallest absolute Gasteiger partial charge is 0.158 e. The van der Waals surface area contributed by atoms with Gasteiger partial charge in [0, 0.05) is 58.2 Å². The van der Waals surface area contributed by atoms with Crippen molar-refractivity contribution in [3.8, 4) is 0 Å². The molecule has 2 heterocycles. The Labute approximate surface area is 174 Å². The molecule has 2 aromatic carbocycles. The van der Waals surface area contributed by atoms with Gasteiger partial charge in [-0.15, -0.1) is 5.10 Å². The third-order valence-electron chi connectivity index (χ3n) is 5.02. The van der Waals surface area contributed by atoms with Gasteiger partial charge >= 0.3 is 0 Å². The summed E-state index contributed by atoms with van der Waals surface area (Å²) < 4.78 is 0. The van der Waals surface area contributed by atoms with Crippen molar-refractivity contribution in [2.45, 2.75) is 13.1 Å². The molecule has 1 aliphatic rings. The van der Waals surface area contributed by atoms with E-state index in [-0.39, 0.29) is 0 Å². The average molecular weight is 417 g/mol. The van der Waals surface area contributed by atoms with Crippen LogP contribution in [0, 0.1) is 6.92 Å². The van der Waals surface area contributed by atoms with Gasteiger partial charge in [-0.05, 0) is 31.2 Å². The molecule has 8 heteroatoms. The first-order chi connectivity index (χ1) is 13.5. The number of benzene rings is 2. The van der Waals surface area contributed by atoms with E-state index >= 15 is 0 Å². The minimum absolute atomic E-state index is 0.512. The van der Waals surface area contributed by atoms with E-state index in [2.05, 4.69) is 43.9 Å². The summed E-state index contributed by atoms with van der Waals surface area (Å²) in [6.45, 7) is 5.88. The van der Waals surface area contributed by atoms with Crippen LogP contribution >= 0.6 is 23.2 Å². The number of piperazine rings is 1. The summed E-state index contributed by atoms with van der Waals surface area (Å²) in [7, 11) is 0. The number of nitrogens with one attached hydrogen (secondary N) is 2. The summed E-state index contributed by atoms with van der Waals surface area (Å²) in [6.07, 6.45) is -0.534. The molecule has 6 nitrogen and oxygen atoms in total. The first kappa shape index (κ1) is 19.2. The minimum atomic E-state index is -0.534. The van der Waals surface area contributed by atoms with Crippen LogP contribution in [0.15, 0.2) is 36.4 Å². The number of nitrogens with two attached hydrogens (primary N) is 1. The van der Waals surface area contributed by atoms with Gasteiger partial charge in [0.05, 0.1) is 5.69 Å². The molecule has 4 N–H and O–H groups in total. The Hall–Kier alpha value is -2.12. The van der Waals surface area contributed by atoms with E-state index in [1.165, 1.54) is 5.69 Å². The van der Waals surface area contributed by atoms with Gasteiger partial charge in [-0.3, -0.25) is 0 Å². The van der Waals surface area contributed by atoms with Gasteiger partial charge in [-0.2, -0.15) is 5.10 Å². The second-order valence-electron chi connectivity index (χ2n) is 6.89. The molecule has 1 fully saturated rings. The Bertz CT molecular complexity index is 1000. The van der Waals surface area contributed by atoms with Crippen LogP contribution < -0.4 is 21.3 Å². The lowest BCUT2D eigenvalue weighted by molar-refractivity contribution is 0.589. The molecule has 146 valence electrons. The van der Waals surface area contributed by atoms with Crippen molar-refractivity contribution in [2.24, 2.45) is 5.73 Å². The van der Waals surface area contributed by atoms with Crippen molar-refractivity contribution < 1.29 is 0 Å². The fourth-order valence-electron chi connectivity index (χ4n) is 3.48. The Kier molecular flexibility index (Phi) is 5.55. The molecular formula is C20H22Cl2N6. The van der Waals surface area contributed by atoms with E-state index in [0.717, 1.165) is 48.2 Å². The molecule has 0 unspecified atom stereocenters. The standard InChI is InChI=1S/C20H22Cl2N6/c1-12-15-5-3-14(28-8-6-24-7-9-28)11-17(15)20(27-26-12)25-19(23)16-4-2-13(21)10-18(16)22/h2-5,10-11,19,24H,6-9,23H2,1H3,(H,25,27)/t19-/m0/s1. The molecule has 0 saturated carbocycles. The number of halogens is 2. The topological polar surface area (TPSA) is 79.1 Å². The number of fused-ring (bicyclic) bond motifs is 1. The molecule has 0 radical (unpaired) electrons. The van der Waals surface area contributed by atoms with Crippen LogP contribution in [0.4, 0.5) is 11.5 Å². The maximum atomic E-state index is 6.36. The number of aryl methyl sites for hydroxylation is 1. The van der Waals surface area contributed by atoms with Gasteiger partial charge in [-0.25, -0.2) is 0 Å². The molecular weight excluding hydrogens is 395 g/mol. The first-order valence-corrected chi connectivity index (χ1v) is 9.98. The fraction of sp³-hybridized carbons (Fsp3) is 0.300. The molecule has 0 bridgehead atoms. The highest BCUT2D eigenvalue weighted by atomic mass is 35.5. The van der Waals surface area contributed by atoms with Crippen LogP contribution in [0.25, 0.3) is 10.8 Å². The predicted octanol–water partition coefficient (Wildman–Crippen LogP) is 3.72. The highest BCUT2D eigenvalue weighted by Gasteiger charge is 2.16. The lowest BCUT2D eigenvalue weighted by Gasteiger charge is -2.29. The van der Waals surface area contributed by atoms with Gasteiger partial charge in [0.15, 0.2) is 5.82 Å². The van der Waals surface area contributed by atoms with Gasteiger partial charge in [0.25, 0.3) is 0 Å². The number of rotatable bonds is 4. The summed E-state index contributed by atoms with van der Waals surface area (Å²) in [5.74, 6) is 0.635. The van der Waals surface area contributed by atoms with Gasteiger partial charge < -0.3 is 21.3 Å². The SMILES string of the molecule is Cc1nnc(N[C@H](N)c2ccc(Cl)cc2Cl)c2cc(N3CCNCC3)ccc12. The summed E-state index contributed by atoms with van der Waals surface area (Å²) in [5.41, 5.74) is 9.16. The molecule has 3 aromatic rings. The number of anilines is 2. The number of hydrogen-bond donors (Lipinski definition) is 3. The molecule has 1 aliphatic heterocycles. The van der Waals surface area contributed by atoms with E-state index < -0.39 is 6.17 Å². The molecule has 0 aliphatic carbocycles. The zero-order chi connectivity index (χ0) is 19.7. The Morgan fingerprint density at radius 3 is 2.61 bits per heavy atom. The van der Waals surface area contributed by atoms with Crippen molar-refractivity contribution in [1.29, 1.82) is 0 Å². The number of aromatic nitrogens is 2. The monoisotopic (exact) mass is 416 g/mol. The Balaban J connectivity index is 1.70. The highest BCUT2D eigenvalue weighted by molar-refractivity contribution is 6.35. The Morgan fingerprint density at radius 1 is 1.07 bits per heavy atom. The lowest BCUT2D eigenvalue weighted by Crippen LogP contribution is -2.43. The van der Waals surface area contributed by atoms with E-state index in [1.807, 2.05) is 13.0 Å². The maximum Gasteiger partial charge on any atom is 0.158 e. The van der Waals surface area contributed by atoms with E-state index in [9.17, 15) is 0 Å². The van der Waals surface area contributed by atoms with Crippen molar-refractivity contribution in [3.63, 3.8) is 0 Å². The average Bonchev–Trinajstić information content (AvgIpc) is 2.70. The van der Waals surface area contributed by atoms with Crippen LogP contribution in [0.3, 0.4) is 0 Å². The predicted molar refractivity (Wildman–Crippen MR) is 116 cm³/mol. The van der Waals surface area contributed by atoms with E-state index in [1.54, 1.807) is 12.1 Å². The van der Waals surface area contributed by atoms with Crippen LogP contribution in [0.5, 0.6) is 0 Å². The van der Waals surface area contributed by atoms with Crippen molar-refractivity contribution in [1.82, 2.24) is 15.5 Å². The molecule has 1 aromatic heterocycles. The van der Waals surface area contributed by atoms with E-state index in [4.69, 9.17) is 28.9 Å². The maximum absolute atomic E-state index is 6.36. The number of hydrogen-bond acceptors (Lipinski definition) is 6. The van der Waals surface area contributed by atoms with Crippen LogP contribution in [-0.4, -0.2) is 36.4 Å². The zero-order valence-corrected chi connectivity index (χ0v) is 17.1. The van der Waals surface area contributed by atoms with Gasteiger partial charge in [-0.1, -0.05) is 35.3 Å². The van der Waals surface area contributed by atoms with Crippen LogP contribution in [0.1, 0.15) is 17.4 Å². The summed E-state index contributed by atoms with van der Waals surface area (Å²) >= 11 is 12.3. The van der Waals surface area contributed by atoms with Crippen LogP contribution in [-0.2, 0) is 0 Å². The number of nitrogens with zero attached hydrogens (tertiary/aromatic N) is 3. The zero-order valence-electron chi connectivity index (χ0n) is 15.5. The fourth-order valence-corrected chi connectivity index (χ4v) is 4.01. The second kappa shape index (κ2) is 8.09. The molecule has 1 saturated heterocycles. The first-order valence-electron chi connectivity index (χ1n) is 9.23. The van der Waals surface area contributed by atoms with Gasteiger partial charge in [0.1, 0.15) is 6.17 Å². The molecule has 0 amide bonds.